The number of hydrogen-bond acceptors (Lipinski definition) is 1. The van der Waals surface area contributed by atoms with Crippen LogP contribution in [0.3, 0.4) is 0 Å². The highest BCUT2D eigenvalue weighted by Crippen LogP contribution is 2.24. The van der Waals surface area contributed by atoms with Crippen LogP contribution in [0, 0.1) is 0 Å². The number of aromatic nitrogens is 1. The summed E-state index contributed by atoms with van der Waals surface area (Å²) >= 11 is 0. The van der Waals surface area contributed by atoms with Gasteiger partial charge in [-0.05, 0) is 41.3 Å². The van der Waals surface area contributed by atoms with Crippen molar-refractivity contribution in [1.82, 2.24) is 4.98 Å². The molecule has 0 unspecified atom stereocenters. The van der Waals surface area contributed by atoms with Crippen LogP contribution in [0.15, 0.2) is 54.7 Å². The van der Waals surface area contributed by atoms with E-state index in [9.17, 15) is 4.79 Å². The molecule has 1 aromatic heterocycles. The Kier molecular flexibility index (Phi) is 3.49. The van der Waals surface area contributed by atoms with Crippen molar-refractivity contribution in [2.24, 2.45) is 0 Å². The summed E-state index contributed by atoms with van der Waals surface area (Å²) in [5.74, 6) is -0.0892. The second kappa shape index (κ2) is 5.34. The summed E-state index contributed by atoms with van der Waals surface area (Å²) in [5, 5.41) is 3.90. The molecular weight excluding hydrogens is 272 g/mol. The minimum atomic E-state index is -0.0892. The molecule has 0 atom stereocenters. The van der Waals surface area contributed by atoms with Crippen molar-refractivity contribution in [3.8, 4) is 0 Å². The normalized spacial score (nSPS) is 11.6. The molecule has 0 fully saturated rings. The Bertz CT molecular complexity index is 807. The first-order chi connectivity index (χ1) is 10.4. The second-order valence-electron chi connectivity index (χ2n) is 6.53. The van der Waals surface area contributed by atoms with E-state index in [1.54, 1.807) is 0 Å². The molecule has 0 bridgehead atoms. The lowest BCUT2D eigenvalue weighted by Crippen LogP contribution is -2.13. The molecule has 0 aliphatic heterocycles. The van der Waals surface area contributed by atoms with Crippen molar-refractivity contribution in [1.29, 1.82) is 0 Å². The van der Waals surface area contributed by atoms with E-state index in [0.29, 0.717) is 5.56 Å². The van der Waals surface area contributed by atoms with Crippen LogP contribution in [0.25, 0.3) is 10.9 Å². The molecule has 0 saturated carbocycles. The molecule has 3 nitrogen and oxygen atoms in total. The van der Waals surface area contributed by atoms with E-state index >= 15 is 0 Å². The van der Waals surface area contributed by atoms with E-state index in [1.165, 1.54) is 5.56 Å². The summed E-state index contributed by atoms with van der Waals surface area (Å²) in [6.45, 7) is 6.52. The number of anilines is 1. The zero-order valence-electron chi connectivity index (χ0n) is 13.1. The molecular formula is C19H20N2O. The molecule has 112 valence electrons. The van der Waals surface area contributed by atoms with E-state index in [2.05, 4.69) is 43.2 Å². The van der Waals surface area contributed by atoms with Gasteiger partial charge in [0.1, 0.15) is 0 Å². The first-order valence-electron chi connectivity index (χ1n) is 7.43. The second-order valence-corrected chi connectivity index (χ2v) is 6.53. The zero-order valence-corrected chi connectivity index (χ0v) is 13.1. The van der Waals surface area contributed by atoms with Crippen molar-refractivity contribution in [2.45, 2.75) is 26.2 Å². The fourth-order valence-electron chi connectivity index (χ4n) is 2.54. The molecule has 0 spiro atoms. The maximum atomic E-state index is 12.5. The van der Waals surface area contributed by atoms with Crippen LogP contribution in [0.1, 0.15) is 36.7 Å². The summed E-state index contributed by atoms with van der Waals surface area (Å²) in [6.07, 6.45) is 1.85. The van der Waals surface area contributed by atoms with Crippen molar-refractivity contribution in [3.63, 3.8) is 0 Å². The Morgan fingerprint density at radius 2 is 1.73 bits per heavy atom. The first-order valence-corrected chi connectivity index (χ1v) is 7.43. The van der Waals surface area contributed by atoms with Gasteiger partial charge in [0, 0.05) is 28.4 Å². The largest absolute Gasteiger partial charge is 0.361 e. The SMILES string of the molecule is CC(C)(C)c1ccc(NC(=O)c2cccc3[nH]ccc23)cc1. The molecule has 3 heteroatoms. The monoisotopic (exact) mass is 292 g/mol. The third-order valence-electron chi connectivity index (χ3n) is 3.85. The van der Waals surface area contributed by atoms with Crippen molar-refractivity contribution >= 4 is 22.5 Å². The number of benzene rings is 2. The fraction of sp³-hybridized carbons (Fsp3) is 0.211. The lowest BCUT2D eigenvalue weighted by Gasteiger charge is -2.19. The van der Waals surface area contributed by atoms with Crippen LogP contribution in [0.5, 0.6) is 0 Å². The molecule has 2 aromatic carbocycles. The van der Waals surface area contributed by atoms with Gasteiger partial charge in [-0.3, -0.25) is 4.79 Å². The minimum Gasteiger partial charge on any atom is -0.361 e. The van der Waals surface area contributed by atoms with Crippen molar-refractivity contribution in [2.75, 3.05) is 5.32 Å². The number of fused-ring (bicyclic) bond motifs is 1. The van der Waals surface area contributed by atoms with Crippen LogP contribution in [-0.4, -0.2) is 10.9 Å². The number of hydrogen-bond donors (Lipinski definition) is 2. The summed E-state index contributed by atoms with van der Waals surface area (Å²) < 4.78 is 0. The predicted octanol–water partition coefficient (Wildman–Crippen LogP) is 4.72. The maximum absolute atomic E-state index is 12.5. The third-order valence-corrected chi connectivity index (χ3v) is 3.85. The zero-order chi connectivity index (χ0) is 15.7. The Morgan fingerprint density at radius 3 is 2.41 bits per heavy atom. The van der Waals surface area contributed by atoms with Gasteiger partial charge in [-0.15, -0.1) is 0 Å². The van der Waals surface area contributed by atoms with Gasteiger partial charge < -0.3 is 10.3 Å². The Labute approximate surface area is 130 Å². The topological polar surface area (TPSA) is 44.9 Å². The van der Waals surface area contributed by atoms with E-state index in [1.807, 2.05) is 42.6 Å². The molecule has 2 N–H and O–H groups in total. The molecule has 0 saturated heterocycles. The Morgan fingerprint density at radius 1 is 1.00 bits per heavy atom. The van der Waals surface area contributed by atoms with E-state index in [0.717, 1.165) is 16.6 Å². The highest BCUT2D eigenvalue weighted by Gasteiger charge is 2.14. The van der Waals surface area contributed by atoms with Gasteiger partial charge in [-0.1, -0.05) is 39.0 Å². The average molecular weight is 292 g/mol. The van der Waals surface area contributed by atoms with E-state index in [-0.39, 0.29) is 11.3 Å². The van der Waals surface area contributed by atoms with Crippen LogP contribution in [-0.2, 0) is 5.41 Å². The number of carbonyl (C=O) groups is 1. The smallest absolute Gasteiger partial charge is 0.256 e. The molecule has 3 aromatic rings. The highest BCUT2D eigenvalue weighted by atomic mass is 16.1. The Hall–Kier alpha value is -2.55. The van der Waals surface area contributed by atoms with Gasteiger partial charge in [0.15, 0.2) is 0 Å². The minimum absolute atomic E-state index is 0.0892. The lowest BCUT2D eigenvalue weighted by atomic mass is 9.87. The highest BCUT2D eigenvalue weighted by molar-refractivity contribution is 6.12. The number of amides is 1. The maximum Gasteiger partial charge on any atom is 0.256 e. The van der Waals surface area contributed by atoms with Gasteiger partial charge >= 0.3 is 0 Å². The molecule has 0 aliphatic carbocycles. The predicted molar refractivity (Wildman–Crippen MR) is 91.4 cm³/mol. The Balaban J connectivity index is 1.84. The number of carbonyl (C=O) groups excluding carboxylic acids is 1. The van der Waals surface area contributed by atoms with Gasteiger partial charge in [0.05, 0.1) is 0 Å². The van der Waals surface area contributed by atoms with Crippen LogP contribution in [0.4, 0.5) is 5.69 Å². The third kappa shape index (κ3) is 2.75. The van der Waals surface area contributed by atoms with E-state index < -0.39 is 0 Å². The quantitative estimate of drug-likeness (QED) is 0.705. The molecule has 1 heterocycles. The van der Waals surface area contributed by atoms with Gasteiger partial charge in [-0.25, -0.2) is 0 Å². The molecule has 1 amide bonds. The van der Waals surface area contributed by atoms with Crippen LogP contribution >= 0.6 is 0 Å². The van der Waals surface area contributed by atoms with Gasteiger partial charge in [-0.2, -0.15) is 0 Å². The molecule has 0 radical (unpaired) electrons. The van der Waals surface area contributed by atoms with Crippen LogP contribution < -0.4 is 5.32 Å². The van der Waals surface area contributed by atoms with Crippen molar-refractivity contribution < 1.29 is 4.79 Å². The molecule has 0 aliphatic rings. The summed E-state index contributed by atoms with van der Waals surface area (Å²) in [5.41, 5.74) is 3.82. The van der Waals surface area contributed by atoms with Crippen molar-refractivity contribution in [3.05, 3.63) is 65.9 Å². The van der Waals surface area contributed by atoms with Gasteiger partial charge in [0.2, 0.25) is 0 Å². The standard InChI is InChI=1S/C19H20N2O/c1-19(2,3)13-7-9-14(10-8-13)21-18(22)16-5-4-6-17-15(16)11-12-20-17/h4-12,20H,1-3H3,(H,21,22). The number of nitrogens with one attached hydrogen (secondary N) is 2. The van der Waals surface area contributed by atoms with Crippen LogP contribution in [0.2, 0.25) is 0 Å². The summed E-state index contributed by atoms with van der Waals surface area (Å²) in [7, 11) is 0. The van der Waals surface area contributed by atoms with E-state index in [4.69, 9.17) is 0 Å². The average Bonchev–Trinajstić information content (AvgIpc) is 2.95. The number of H-pyrrole nitrogens is 1. The van der Waals surface area contributed by atoms with Gasteiger partial charge in [0.25, 0.3) is 5.91 Å². The molecule has 22 heavy (non-hydrogen) atoms. The molecule has 3 rings (SSSR count). The summed E-state index contributed by atoms with van der Waals surface area (Å²) in [4.78, 5) is 15.6. The fourth-order valence-corrected chi connectivity index (χ4v) is 2.54. The lowest BCUT2D eigenvalue weighted by molar-refractivity contribution is 0.102. The first kappa shape index (κ1) is 14.4. The number of rotatable bonds is 2. The number of aromatic amines is 1. The summed E-state index contributed by atoms with van der Waals surface area (Å²) in [6, 6.07) is 15.6.